The molecule has 2 heteroatoms. The van der Waals surface area contributed by atoms with Crippen LogP contribution >= 0.6 is 0 Å². The van der Waals surface area contributed by atoms with Gasteiger partial charge in [-0.25, -0.2) is 0 Å². The molecule has 1 aromatic rings. The number of hydrogen-bond donors (Lipinski definition) is 2. The van der Waals surface area contributed by atoms with E-state index in [-0.39, 0.29) is 6.61 Å². The second-order valence-corrected chi connectivity index (χ2v) is 3.37. The Bertz CT molecular complexity index is 321. The van der Waals surface area contributed by atoms with Crippen molar-refractivity contribution in [2.24, 2.45) is 0 Å². The van der Waals surface area contributed by atoms with Gasteiger partial charge in [-0.1, -0.05) is 30.0 Å². The SMILES string of the molecule is OCCCCC(O)C#Cc1ccccc1. The third-order valence-corrected chi connectivity index (χ3v) is 2.04. The summed E-state index contributed by atoms with van der Waals surface area (Å²) < 4.78 is 0. The monoisotopic (exact) mass is 204 g/mol. The summed E-state index contributed by atoms with van der Waals surface area (Å²) in [6, 6.07) is 9.59. The lowest BCUT2D eigenvalue weighted by Gasteiger charge is -2.00. The molecule has 1 atom stereocenters. The minimum atomic E-state index is -0.586. The first-order valence-corrected chi connectivity index (χ1v) is 5.18. The molecule has 0 aliphatic rings. The highest BCUT2D eigenvalue weighted by Crippen LogP contribution is 2.00. The van der Waals surface area contributed by atoms with Gasteiger partial charge >= 0.3 is 0 Å². The van der Waals surface area contributed by atoms with Crippen LogP contribution in [0, 0.1) is 11.8 Å². The molecule has 0 saturated carbocycles. The van der Waals surface area contributed by atoms with Gasteiger partial charge in [0.25, 0.3) is 0 Å². The van der Waals surface area contributed by atoms with E-state index >= 15 is 0 Å². The minimum Gasteiger partial charge on any atom is -0.396 e. The molecule has 2 nitrogen and oxygen atoms in total. The van der Waals surface area contributed by atoms with Crippen LogP contribution in [0.3, 0.4) is 0 Å². The van der Waals surface area contributed by atoms with Crippen molar-refractivity contribution in [2.45, 2.75) is 25.4 Å². The summed E-state index contributed by atoms with van der Waals surface area (Å²) >= 11 is 0. The van der Waals surface area contributed by atoms with Crippen LogP contribution in [0.4, 0.5) is 0 Å². The Labute approximate surface area is 90.6 Å². The van der Waals surface area contributed by atoms with Gasteiger partial charge in [0.05, 0.1) is 0 Å². The average Bonchev–Trinajstić information content (AvgIpc) is 2.28. The summed E-state index contributed by atoms with van der Waals surface area (Å²) in [5, 5.41) is 18.1. The number of aliphatic hydroxyl groups is 2. The number of unbranched alkanes of at least 4 members (excludes halogenated alkanes) is 1. The van der Waals surface area contributed by atoms with Crippen molar-refractivity contribution in [3.63, 3.8) is 0 Å². The lowest BCUT2D eigenvalue weighted by Crippen LogP contribution is -2.02. The molecule has 2 N–H and O–H groups in total. The molecule has 1 aromatic carbocycles. The molecule has 0 amide bonds. The smallest absolute Gasteiger partial charge is 0.115 e. The molecule has 0 saturated heterocycles. The van der Waals surface area contributed by atoms with Gasteiger partial charge in [-0.05, 0) is 31.4 Å². The molecule has 0 aromatic heterocycles. The highest BCUT2D eigenvalue weighted by atomic mass is 16.3. The molecule has 0 radical (unpaired) electrons. The molecular formula is C13H16O2. The summed E-state index contributed by atoms with van der Waals surface area (Å²) in [7, 11) is 0. The predicted octanol–water partition coefficient (Wildman–Crippen LogP) is 1.56. The first-order chi connectivity index (χ1) is 7.33. The van der Waals surface area contributed by atoms with Gasteiger partial charge in [-0.2, -0.15) is 0 Å². The molecule has 0 bridgehead atoms. The third-order valence-electron chi connectivity index (χ3n) is 2.04. The molecule has 1 unspecified atom stereocenters. The van der Waals surface area contributed by atoms with Gasteiger partial charge in [0, 0.05) is 12.2 Å². The summed E-state index contributed by atoms with van der Waals surface area (Å²) in [5.74, 6) is 5.69. The van der Waals surface area contributed by atoms with Crippen molar-refractivity contribution in [1.29, 1.82) is 0 Å². The van der Waals surface area contributed by atoms with E-state index in [0.717, 1.165) is 18.4 Å². The van der Waals surface area contributed by atoms with E-state index in [1.165, 1.54) is 0 Å². The minimum absolute atomic E-state index is 0.179. The highest BCUT2D eigenvalue weighted by Gasteiger charge is 1.97. The van der Waals surface area contributed by atoms with Crippen molar-refractivity contribution in [1.82, 2.24) is 0 Å². The summed E-state index contributed by atoms with van der Waals surface area (Å²) in [6.45, 7) is 0.179. The van der Waals surface area contributed by atoms with E-state index < -0.39 is 6.10 Å². The molecule has 0 aliphatic carbocycles. The second-order valence-electron chi connectivity index (χ2n) is 3.37. The number of rotatable bonds is 4. The fourth-order valence-corrected chi connectivity index (χ4v) is 1.21. The Balaban J connectivity index is 2.37. The van der Waals surface area contributed by atoms with Crippen molar-refractivity contribution in [3.05, 3.63) is 35.9 Å². The highest BCUT2D eigenvalue weighted by molar-refractivity contribution is 5.34. The molecule has 0 heterocycles. The molecule has 80 valence electrons. The van der Waals surface area contributed by atoms with Crippen LogP contribution in [0.5, 0.6) is 0 Å². The molecule has 0 fully saturated rings. The van der Waals surface area contributed by atoms with E-state index in [2.05, 4.69) is 11.8 Å². The van der Waals surface area contributed by atoms with Gasteiger partial charge in [0.2, 0.25) is 0 Å². The van der Waals surface area contributed by atoms with Crippen molar-refractivity contribution in [3.8, 4) is 11.8 Å². The van der Waals surface area contributed by atoms with Crippen LogP contribution in [0.2, 0.25) is 0 Å². The first kappa shape index (κ1) is 11.8. The fraction of sp³-hybridized carbons (Fsp3) is 0.385. The molecule has 0 aliphatic heterocycles. The van der Waals surface area contributed by atoms with E-state index in [1.54, 1.807) is 0 Å². The standard InChI is InChI=1S/C13H16O2/c14-11-5-4-8-13(15)10-9-12-6-2-1-3-7-12/h1-3,6-7,13-15H,4-5,8,11H2. The van der Waals surface area contributed by atoms with E-state index in [9.17, 15) is 5.11 Å². The predicted molar refractivity (Wildman–Crippen MR) is 60.3 cm³/mol. The van der Waals surface area contributed by atoms with Crippen LogP contribution < -0.4 is 0 Å². The topological polar surface area (TPSA) is 40.5 Å². The zero-order valence-electron chi connectivity index (χ0n) is 8.69. The second kappa shape index (κ2) is 7.05. The summed E-state index contributed by atoms with van der Waals surface area (Å²) in [4.78, 5) is 0. The molecule has 15 heavy (non-hydrogen) atoms. The van der Waals surface area contributed by atoms with Crippen LogP contribution in [0.1, 0.15) is 24.8 Å². The largest absolute Gasteiger partial charge is 0.396 e. The Morgan fingerprint density at radius 1 is 1.13 bits per heavy atom. The number of hydrogen-bond acceptors (Lipinski definition) is 2. The Hall–Kier alpha value is -1.30. The lowest BCUT2D eigenvalue weighted by atomic mass is 10.1. The Kier molecular flexibility index (Phi) is 5.54. The van der Waals surface area contributed by atoms with Crippen molar-refractivity contribution >= 4 is 0 Å². The summed E-state index contributed by atoms with van der Waals surface area (Å²) in [5.41, 5.74) is 0.915. The molecule has 0 spiro atoms. The average molecular weight is 204 g/mol. The third kappa shape index (κ3) is 5.21. The molecule has 1 rings (SSSR count). The maximum atomic E-state index is 9.48. The maximum absolute atomic E-state index is 9.48. The normalized spacial score (nSPS) is 11.6. The summed E-state index contributed by atoms with van der Waals surface area (Å²) in [6.07, 6.45) is 1.57. The zero-order chi connectivity index (χ0) is 10.9. The first-order valence-electron chi connectivity index (χ1n) is 5.18. The van der Waals surface area contributed by atoms with Crippen LogP contribution in [-0.2, 0) is 0 Å². The molecular weight excluding hydrogens is 188 g/mol. The Morgan fingerprint density at radius 2 is 1.87 bits per heavy atom. The Morgan fingerprint density at radius 3 is 2.53 bits per heavy atom. The van der Waals surface area contributed by atoms with Crippen molar-refractivity contribution < 1.29 is 10.2 Å². The van der Waals surface area contributed by atoms with Gasteiger partial charge < -0.3 is 10.2 Å². The lowest BCUT2D eigenvalue weighted by molar-refractivity contribution is 0.209. The zero-order valence-corrected chi connectivity index (χ0v) is 8.69. The van der Waals surface area contributed by atoms with Gasteiger partial charge in [0.15, 0.2) is 0 Å². The van der Waals surface area contributed by atoms with Crippen LogP contribution in [0.25, 0.3) is 0 Å². The van der Waals surface area contributed by atoms with Gasteiger partial charge in [-0.3, -0.25) is 0 Å². The number of benzene rings is 1. The van der Waals surface area contributed by atoms with Gasteiger partial charge in [-0.15, -0.1) is 0 Å². The van der Waals surface area contributed by atoms with Crippen LogP contribution in [0.15, 0.2) is 30.3 Å². The fourth-order valence-electron chi connectivity index (χ4n) is 1.21. The van der Waals surface area contributed by atoms with Gasteiger partial charge in [0.1, 0.15) is 6.10 Å². The van der Waals surface area contributed by atoms with E-state index in [0.29, 0.717) is 6.42 Å². The van der Waals surface area contributed by atoms with E-state index in [1.807, 2.05) is 30.3 Å². The van der Waals surface area contributed by atoms with Crippen LogP contribution in [-0.4, -0.2) is 22.9 Å². The number of aliphatic hydroxyl groups excluding tert-OH is 2. The van der Waals surface area contributed by atoms with Crippen molar-refractivity contribution in [2.75, 3.05) is 6.61 Å². The quantitative estimate of drug-likeness (QED) is 0.577. The van der Waals surface area contributed by atoms with E-state index in [4.69, 9.17) is 5.11 Å². The maximum Gasteiger partial charge on any atom is 0.115 e.